The first-order valence-electron chi connectivity index (χ1n) is 13.2. The minimum atomic E-state index is -4.19. The smallest absolute Gasteiger partial charge is 0.264 e. The Hall–Kier alpha value is -3.08. The van der Waals surface area contributed by atoms with Gasteiger partial charge in [-0.2, -0.15) is 0 Å². The molecule has 1 atom stereocenters. The SMILES string of the molecule is CCOc1ccc(N(CC(=O)N(Cc2cccc(Br)c2)C(C)C(=O)NCC(C)C)S(=O)(=O)c2ccc(Cl)cc2)cc1. The van der Waals surface area contributed by atoms with Crippen molar-refractivity contribution in [2.45, 2.75) is 45.2 Å². The third-order valence-electron chi connectivity index (χ3n) is 6.21. The van der Waals surface area contributed by atoms with E-state index in [2.05, 4.69) is 21.2 Å². The normalized spacial score (nSPS) is 12.1. The van der Waals surface area contributed by atoms with Gasteiger partial charge < -0.3 is 15.0 Å². The second-order valence-corrected chi connectivity index (χ2v) is 13.1. The number of amides is 2. The van der Waals surface area contributed by atoms with E-state index in [1.807, 2.05) is 45.0 Å². The monoisotopic (exact) mass is 663 g/mol. The van der Waals surface area contributed by atoms with Crippen LogP contribution in [0, 0.1) is 5.92 Å². The Morgan fingerprint density at radius 1 is 1.00 bits per heavy atom. The molecule has 0 saturated heterocycles. The molecule has 8 nitrogen and oxygen atoms in total. The van der Waals surface area contributed by atoms with E-state index in [1.54, 1.807) is 31.2 Å². The van der Waals surface area contributed by atoms with Crippen LogP contribution < -0.4 is 14.4 Å². The van der Waals surface area contributed by atoms with Crippen LogP contribution in [-0.2, 0) is 26.2 Å². The quantitative estimate of drug-likeness (QED) is 0.246. The Bertz CT molecular complexity index is 1430. The average Bonchev–Trinajstić information content (AvgIpc) is 2.93. The molecule has 0 aliphatic carbocycles. The van der Waals surface area contributed by atoms with Gasteiger partial charge >= 0.3 is 0 Å². The van der Waals surface area contributed by atoms with Crippen LogP contribution in [0.2, 0.25) is 5.02 Å². The lowest BCUT2D eigenvalue weighted by Crippen LogP contribution is -2.51. The number of carbonyl (C=O) groups excluding carboxylic acids is 2. The molecular weight excluding hydrogens is 630 g/mol. The standard InChI is InChI=1S/C30H35BrClN3O5S/c1-5-40-27-13-11-26(12-14-27)35(41(38,39)28-15-9-25(32)10-16-28)20-29(36)34(19-23-7-6-8-24(31)17-23)22(4)30(37)33-18-21(2)3/h6-17,21-22H,5,18-20H2,1-4H3,(H,33,37). The van der Waals surface area contributed by atoms with Gasteiger partial charge in [-0.05, 0) is 86.0 Å². The van der Waals surface area contributed by atoms with E-state index in [0.29, 0.717) is 23.9 Å². The summed E-state index contributed by atoms with van der Waals surface area (Å²) in [5.74, 6) is -0.0722. The first-order chi connectivity index (χ1) is 19.4. The fourth-order valence-corrected chi connectivity index (χ4v) is 5.99. The van der Waals surface area contributed by atoms with Gasteiger partial charge in [-0.3, -0.25) is 13.9 Å². The molecule has 0 bridgehead atoms. The van der Waals surface area contributed by atoms with Crippen LogP contribution >= 0.6 is 27.5 Å². The molecule has 0 heterocycles. The lowest BCUT2D eigenvalue weighted by atomic mass is 10.1. The van der Waals surface area contributed by atoms with Gasteiger partial charge in [-0.15, -0.1) is 0 Å². The molecule has 0 aliphatic rings. The first-order valence-corrected chi connectivity index (χ1v) is 15.9. The van der Waals surface area contributed by atoms with Gasteiger partial charge in [0.15, 0.2) is 0 Å². The number of benzene rings is 3. The molecule has 1 N–H and O–H groups in total. The van der Waals surface area contributed by atoms with Crippen LogP contribution in [0.3, 0.4) is 0 Å². The van der Waals surface area contributed by atoms with E-state index in [1.165, 1.54) is 29.2 Å². The Morgan fingerprint density at radius 3 is 2.24 bits per heavy atom. The average molecular weight is 665 g/mol. The lowest BCUT2D eigenvalue weighted by molar-refractivity contribution is -0.139. The van der Waals surface area contributed by atoms with Crippen molar-refractivity contribution in [3.8, 4) is 5.75 Å². The zero-order valence-corrected chi connectivity index (χ0v) is 26.7. The molecule has 0 aromatic heterocycles. The number of nitrogens with zero attached hydrogens (tertiary/aromatic N) is 2. The lowest BCUT2D eigenvalue weighted by Gasteiger charge is -2.32. The van der Waals surface area contributed by atoms with Crippen LogP contribution in [0.4, 0.5) is 5.69 Å². The van der Waals surface area contributed by atoms with E-state index in [4.69, 9.17) is 16.3 Å². The van der Waals surface area contributed by atoms with Crippen molar-refractivity contribution in [2.24, 2.45) is 5.92 Å². The fraction of sp³-hybridized carbons (Fsp3) is 0.333. The Kier molecular flexibility index (Phi) is 11.6. The minimum Gasteiger partial charge on any atom is -0.494 e. The Morgan fingerprint density at radius 2 is 1.66 bits per heavy atom. The minimum absolute atomic E-state index is 0.0233. The van der Waals surface area contributed by atoms with Crippen LogP contribution in [0.25, 0.3) is 0 Å². The molecule has 220 valence electrons. The molecule has 0 fully saturated rings. The third-order valence-corrected chi connectivity index (χ3v) is 8.74. The summed E-state index contributed by atoms with van der Waals surface area (Å²) in [5, 5.41) is 3.26. The molecule has 3 aromatic rings. The second-order valence-electron chi connectivity index (χ2n) is 9.86. The molecule has 0 spiro atoms. The summed E-state index contributed by atoms with van der Waals surface area (Å²) in [5.41, 5.74) is 1.06. The molecular formula is C30H35BrClN3O5S. The molecule has 0 aliphatic heterocycles. The maximum absolute atomic E-state index is 14.0. The summed E-state index contributed by atoms with van der Waals surface area (Å²) in [6.45, 7) is 7.92. The predicted molar refractivity (Wildman–Crippen MR) is 166 cm³/mol. The number of hydrogen-bond donors (Lipinski definition) is 1. The van der Waals surface area contributed by atoms with Crippen LogP contribution in [0.5, 0.6) is 5.75 Å². The van der Waals surface area contributed by atoms with Crippen molar-refractivity contribution in [1.82, 2.24) is 10.2 Å². The molecule has 1 unspecified atom stereocenters. The molecule has 3 rings (SSSR count). The zero-order chi connectivity index (χ0) is 30.2. The van der Waals surface area contributed by atoms with Crippen molar-refractivity contribution < 1.29 is 22.7 Å². The van der Waals surface area contributed by atoms with E-state index >= 15 is 0 Å². The van der Waals surface area contributed by atoms with Gasteiger partial charge in [0, 0.05) is 22.6 Å². The molecule has 11 heteroatoms. The highest BCUT2D eigenvalue weighted by atomic mass is 79.9. The summed E-state index contributed by atoms with van der Waals surface area (Å²) in [6.07, 6.45) is 0. The largest absolute Gasteiger partial charge is 0.494 e. The van der Waals surface area contributed by atoms with Crippen molar-refractivity contribution in [3.05, 3.63) is 87.9 Å². The van der Waals surface area contributed by atoms with Gasteiger partial charge in [-0.1, -0.05) is 53.5 Å². The Labute approximate surface area is 255 Å². The molecule has 41 heavy (non-hydrogen) atoms. The zero-order valence-electron chi connectivity index (χ0n) is 23.5. The number of anilines is 1. The molecule has 2 amide bonds. The van der Waals surface area contributed by atoms with Crippen LogP contribution in [0.1, 0.15) is 33.3 Å². The van der Waals surface area contributed by atoms with Gasteiger partial charge in [0.2, 0.25) is 11.8 Å². The van der Waals surface area contributed by atoms with E-state index < -0.39 is 28.5 Å². The van der Waals surface area contributed by atoms with E-state index in [-0.39, 0.29) is 29.0 Å². The van der Waals surface area contributed by atoms with Gasteiger partial charge in [0.25, 0.3) is 10.0 Å². The number of nitrogens with one attached hydrogen (secondary N) is 1. The van der Waals surface area contributed by atoms with Crippen molar-refractivity contribution in [3.63, 3.8) is 0 Å². The summed E-state index contributed by atoms with van der Waals surface area (Å²) in [7, 11) is -4.19. The number of carbonyl (C=O) groups is 2. The number of rotatable bonds is 13. The second kappa shape index (κ2) is 14.7. The number of hydrogen-bond acceptors (Lipinski definition) is 5. The fourth-order valence-electron chi connectivity index (χ4n) is 4.00. The Balaban J connectivity index is 2.02. The molecule has 0 saturated carbocycles. The summed E-state index contributed by atoms with van der Waals surface area (Å²) in [6, 6.07) is 18.8. The van der Waals surface area contributed by atoms with Crippen molar-refractivity contribution >= 4 is 55.1 Å². The number of sulfonamides is 1. The third kappa shape index (κ3) is 8.95. The van der Waals surface area contributed by atoms with Crippen molar-refractivity contribution in [2.75, 3.05) is 24.0 Å². The van der Waals surface area contributed by atoms with Crippen LogP contribution in [-0.4, -0.2) is 50.9 Å². The van der Waals surface area contributed by atoms with E-state index in [0.717, 1.165) is 14.3 Å². The summed E-state index contributed by atoms with van der Waals surface area (Å²) < 4.78 is 35.2. The highest BCUT2D eigenvalue weighted by Gasteiger charge is 2.32. The number of halogens is 2. The van der Waals surface area contributed by atoms with Crippen LogP contribution in [0.15, 0.2) is 82.2 Å². The van der Waals surface area contributed by atoms with Crippen molar-refractivity contribution in [1.29, 1.82) is 0 Å². The highest BCUT2D eigenvalue weighted by Crippen LogP contribution is 2.27. The molecule has 0 radical (unpaired) electrons. The maximum atomic E-state index is 14.0. The van der Waals surface area contributed by atoms with E-state index in [9.17, 15) is 18.0 Å². The topological polar surface area (TPSA) is 96.0 Å². The van der Waals surface area contributed by atoms with Gasteiger partial charge in [0.1, 0.15) is 18.3 Å². The summed E-state index contributed by atoms with van der Waals surface area (Å²) in [4.78, 5) is 28.4. The highest BCUT2D eigenvalue weighted by molar-refractivity contribution is 9.10. The predicted octanol–water partition coefficient (Wildman–Crippen LogP) is 5.89. The number of ether oxygens (including phenoxy) is 1. The molecule has 3 aromatic carbocycles. The van der Waals surface area contributed by atoms with Gasteiger partial charge in [0.05, 0.1) is 17.2 Å². The maximum Gasteiger partial charge on any atom is 0.264 e. The first kappa shape index (κ1) is 32.4. The summed E-state index contributed by atoms with van der Waals surface area (Å²) >= 11 is 9.46. The van der Waals surface area contributed by atoms with Gasteiger partial charge in [-0.25, -0.2) is 8.42 Å².